The van der Waals surface area contributed by atoms with E-state index in [1.54, 1.807) is 0 Å². The molecule has 0 aromatic carbocycles. The van der Waals surface area contributed by atoms with Crippen LogP contribution in [0.5, 0.6) is 0 Å². The molecule has 4 fully saturated rings. The number of fused-ring (bicyclic) bond motifs is 5. The zero-order valence-corrected chi connectivity index (χ0v) is 22.3. The molecule has 0 saturated heterocycles. The van der Waals surface area contributed by atoms with Crippen LogP contribution in [0.2, 0.25) is 0 Å². The molecule has 182 valence electrons. The van der Waals surface area contributed by atoms with E-state index in [1.807, 2.05) is 0 Å². The van der Waals surface area contributed by atoms with Crippen LogP contribution in [0.3, 0.4) is 0 Å². The van der Waals surface area contributed by atoms with Crippen LogP contribution in [-0.4, -0.2) is 5.54 Å². The van der Waals surface area contributed by atoms with Gasteiger partial charge in [-0.3, -0.25) is 0 Å². The van der Waals surface area contributed by atoms with Gasteiger partial charge in [-0.05, 0) is 98.2 Å². The van der Waals surface area contributed by atoms with Crippen molar-refractivity contribution in [3.05, 3.63) is 0 Å². The minimum Gasteiger partial charge on any atom is -0.325 e. The van der Waals surface area contributed by atoms with E-state index in [2.05, 4.69) is 41.5 Å². The molecule has 4 aliphatic carbocycles. The first kappa shape index (κ1) is 25.6. The van der Waals surface area contributed by atoms with Crippen LogP contribution in [0, 0.1) is 40.4 Å². The first-order valence-electron chi connectivity index (χ1n) is 14.5. The molecule has 1 heteroatoms. The highest BCUT2D eigenvalue weighted by molar-refractivity contribution is 5.16. The highest BCUT2D eigenvalue weighted by Gasteiger charge is 2.63. The molecule has 2 N–H and O–H groups in total. The lowest BCUT2D eigenvalue weighted by Gasteiger charge is -2.65. The molecule has 0 bridgehead atoms. The zero-order valence-electron chi connectivity index (χ0n) is 22.3. The molecule has 0 heterocycles. The minimum absolute atomic E-state index is 0.173. The lowest BCUT2D eigenvalue weighted by atomic mass is 9.42. The highest BCUT2D eigenvalue weighted by atomic mass is 14.9. The number of unbranched alkanes of at least 4 members (excludes halogenated alkanes) is 2. The predicted molar refractivity (Wildman–Crippen MR) is 137 cm³/mol. The monoisotopic (exact) mass is 431 g/mol. The van der Waals surface area contributed by atoms with Gasteiger partial charge in [-0.25, -0.2) is 0 Å². The zero-order chi connectivity index (χ0) is 22.7. The van der Waals surface area contributed by atoms with E-state index >= 15 is 0 Å². The quantitative estimate of drug-likeness (QED) is 0.417. The van der Waals surface area contributed by atoms with Gasteiger partial charge in [0.2, 0.25) is 0 Å². The smallest absolute Gasteiger partial charge is 0.0222 e. The summed E-state index contributed by atoms with van der Waals surface area (Å²) in [7, 11) is 0. The molecule has 4 saturated carbocycles. The molecular weight excluding hydrogens is 374 g/mol. The predicted octanol–water partition coefficient (Wildman–Crippen LogP) is 9.14. The normalized spacial score (nSPS) is 44.1. The maximum absolute atomic E-state index is 7.32. The van der Waals surface area contributed by atoms with E-state index in [9.17, 15) is 0 Å². The minimum atomic E-state index is 0.173. The fourth-order valence-electron chi connectivity index (χ4n) is 9.04. The summed E-state index contributed by atoms with van der Waals surface area (Å²) in [5.74, 6) is 4.53. The highest BCUT2D eigenvalue weighted by Crippen LogP contribution is 2.67. The van der Waals surface area contributed by atoms with Crippen molar-refractivity contribution in [2.45, 2.75) is 150 Å². The lowest BCUT2D eigenvalue weighted by Crippen LogP contribution is -2.67. The third-order valence-corrected chi connectivity index (χ3v) is 10.8. The molecule has 0 radical (unpaired) electrons. The summed E-state index contributed by atoms with van der Waals surface area (Å²) in [6, 6.07) is 0. The van der Waals surface area contributed by atoms with Crippen molar-refractivity contribution in [2.24, 2.45) is 46.2 Å². The van der Waals surface area contributed by atoms with Crippen molar-refractivity contribution < 1.29 is 0 Å². The van der Waals surface area contributed by atoms with Gasteiger partial charge in [0.25, 0.3) is 0 Å². The van der Waals surface area contributed by atoms with Gasteiger partial charge in [-0.15, -0.1) is 0 Å². The maximum atomic E-state index is 7.32. The van der Waals surface area contributed by atoms with E-state index in [4.69, 9.17) is 5.73 Å². The summed E-state index contributed by atoms with van der Waals surface area (Å²) in [5, 5.41) is 0. The van der Waals surface area contributed by atoms with Crippen LogP contribution in [-0.2, 0) is 0 Å². The first-order chi connectivity index (χ1) is 14.7. The van der Waals surface area contributed by atoms with Crippen LogP contribution < -0.4 is 5.73 Å². The topological polar surface area (TPSA) is 26.0 Å². The largest absolute Gasteiger partial charge is 0.325 e. The van der Waals surface area contributed by atoms with Gasteiger partial charge in [0.15, 0.2) is 0 Å². The second-order valence-electron chi connectivity index (χ2n) is 13.4. The van der Waals surface area contributed by atoms with Gasteiger partial charge >= 0.3 is 0 Å². The van der Waals surface area contributed by atoms with Crippen molar-refractivity contribution in [2.75, 3.05) is 0 Å². The Morgan fingerprint density at radius 3 is 2.29 bits per heavy atom. The molecular formula is C30H57N. The summed E-state index contributed by atoms with van der Waals surface area (Å²) >= 11 is 0. The molecule has 0 spiro atoms. The Bertz CT molecular complexity index is 555. The van der Waals surface area contributed by atoms with Crippen molar-refractivity contribution in [1.29, 1.82) is 0 Å². The molecule has 7 atom stereocenters. The van der Waals surface area contributed by atoms with Gasteiger partial charge in [0, 0.05) is 5.54 Å². The summed E-state index contributed by atoms with van der Waals surface area (Å²) in [4.78, 5) is 0. The summed E-state index contributed by atoms with van der Waals surface area (Å²) in [5.41, 5.74) is 8.63. The molecule has 4 aliphatic rings. The van der Waals surface area contributed by atoms with Gasteiger partial charge in [-0.1, -0.05) is 86.5 Å². The van der Waals surface area contributed by atoms with E-state index in [-0.39, 0.29) is 5.54 Å². The van der Waals surface area contributed by atoms with Crippen LogP contribution in [0.25, 0.3) is 0 Å². The lowest BCUT2D eigenvalue weighted by molar-refractivity contribution is -0.126. The Balaban J connectivity index is 0.000000293. The Morgan fingerprint density at radius 2 is 1.61 bits per heavy atom. The van der Waals surface area contributed by atoms with Gasteiger partial charge < -0.3 is 5.73 Å². The Morgan fingerprint density at radius 1 is 0.839 bits per heavy atom. The summed E-state index contributed by atoms with van der Waals surface area (Å²) < 4.78 is 0. The average molecular weight is 432 g/mol. The number of hydrogen-bond acceptors (Lipinski definition) is 1. The Labute approximate surface area is 196 Å². The molecule has 0 aromatic heterocycles. The van der Waals surface area contributed by atoms with Crippen molar-refractivity contribution >= 4 is 0 Å². The first-order valence-corrected chi connectivity index (χ1v) is 14.5. The summed E-state index contributed by atoms with van der Waals surface area (Å²) in [6.07, 6.45) is 22.8. The molecule has 0 aromatic rings. The van der Waals surface area contributed by atoms with Crippen LogP contribution in [0.4, 0.5) is 0 Å². The van der Waals surface area contributed by atoms with Crippen LogP contribution in [0.15, 0.2) is 0 Å². The van der Waals surface area contributed by atoms with E-state index < -0.39 is 0 Å². The standard InChI is InChI=1S/C22H39N.C8H18/c1-4-6-16-8-13-21(3)17(15-16)9-14-22(23)18-7-5-11-20(18,2)12-10-19(21)22;1-4-5-6-7-8(2)3/h16-19H,4-15,23H2,1-3H3;8H,4-7H2,1-3H3. The number of hydrogen-bond donors (Lipinski definition) is 1. The second kappa shape index (κ2) is 10.5. The van der Waals surface area contributed by atoms with Crippen molar-refractivity contribution in [3.63, 3.8) is 0 Å². The van der Waals surface area contributed by atoms with E-state index in [0.717, 1.165) is 29.6 Å². The molecule has 4 rings (SSSR count). The second-order valence-corrected chi connectivity index (χ2v) is 13.4. The van der Waals surface area contributed by atoms with Gasteiger partial charge in [0.05, 0.1) is 0 Å². The molecule has 1 nitrogen and oxygen atoms in total. The number of nitrogens with two attached hydrogens (primary N) is 1. The van der Waals surface area contributed by atoms with E-state index in [0.29, 0.717) is 10.8 Å². The van der Waals surface area contributed by atoms with Gasteiger partial charge in [-0.2, -0.15) is 0 Å². The van der Waals surface area contributed by atoms with Crippen LogP contribution in [0.1, 0.15) is 144 Å². The Hall–Kier alpha value is -0.0400. The third kappa shape index (κ3) is 5.22. The maximum Gasteiger partial charge on any atom is 0.0222 e. The molecule has 31 heavy (non-hydrogen) atoms. The van der Waals surface area contributed by atoms with E-state index in [1.165, 1.54) is 103 Å². The third-order valence-electron chi connectivity index (χ3n) is 10.8. The molecule has 7 unspecified atom stereocenters. The van der Waals surface area contributed by atoms with Crippen molar-refractivity contribution in [3.8, 4) is 0 Å². The summed E-state index contributed by atoms with van der Waals surface area (Å²) in [6.45, 7) is 14.4. The molecule has 0 aliphatic heterocycles. The molecule has 0 amide bonds. The van der Waals surface area contributed by atoms with Gasteiger partial charge in [0.1, 0.15) is 0 Å². The fraction of sp³-hybridized carbons (Fsp3) is 1.00. The van der Waals surface area contributed by atoms with Crippen molar-refractivity contribution in [1.82, 2.24) is 0 Å². The Kier molecular flexibility index (Phi) is 8.65. The fourth-order valence-corrected chi connectivity index (χ4v) is 9.04. The SMILES string of the molecule is CCCC1CCC2(C)C(CCC3(N)C4CCCC4(C)CCC23)C1.CCCCCC(C)C. The van der Waals surface area contributed by atoms with Crippen LogP contribution >= 0.6 is 0 Å². The average Bonchev–Trinajstić information content (AvgIpc) is 3.12. The number of rotatable bonds is 6.